The Labute approximate surface area is 629 Å². The number of rotatable bonds is 8. The highest BCUT2D eigenvalue weighted by molar-refractivity contribution is 7.00. The molecule has 0 amide bonds. The van der Waals surface area contributed by atoms with Crippen molar-refractivity contribution in [2.75, 3.05) is 9.80 Å². The summed E-state index contributed by atoms with van der Waals surface area (Å²) in [6.07, 6.45) is 0. The lowest BCUT2D eigenvalue weighted by Gasteiger charge is -2.45. The van der Waals surface area contributed by atoms with Crippen LogP contribution in [-0.4, -0.2) is 15.8 Å². The van der Waals surface area contributed by atoms with Crippen LogP contribution in [0.15, 0.2) is 302 Å². The van der Waals surface area contributed by atoms with E-state index in [0.717, 1.165) is 150 Å². The number of fused-ring (bicyclic) bond motifs is 13. The Balaban J connectivity index is 1.02. The molecule has 514 valence electrons. The van der Waals surface area contributed by atoms with Gasteiger partial charge in [0, 0.05) is 72.2 Å². The smallest absolute Gasteiger partial charge is 0.252 e. The third-order valence-electron chi connectivity index (χ3n) is 22.6. The van der Waals surface area contributed by atoms with Gasteiger partial charge in [0.2, 0.25) is 0 Å². The Hall–Kier alpha value is -11.9. The Morgan fingerprint density at radius 1 is 0.311 bits per heavy atom. The molecule has 106 heavy (non-hydrogen) atoms. The number of furan rings is 1. The number of aromatic nitrogens is 2. The zero-order valence-electron chi connectivity index (χ0n) is 67.2. The second-order valence-corrected chi connectivity index (χ2v) is 33.3. The average Bonchev–Trinajstić information content (AvgIpc) is 1.57. The highest BCUT2D eigenvalue weighted by atomic mass is 16.3. The number of para-hydroxylation sites is 3. The van der Waals surface area contributed by atoms with Crippen LogP contribution in [0.5, 0.6) is 0 Å². The van der Waals surface area contributed by atoms with Gasteiger partial charge in [-0.05, 0) is 185 Å². The van der Waals surface area contributed by atoms with Crippen molar-refractivity contribution >= 4 is 123 Å². The summed E-state index contributed by atoms with van der Waals surface area (Å²) in [5, 5.41) is 6.43. The number of hydrogen-bond acceptors (Lipinski definition) is 3. The summed E-state index contributed by atoms with van der Waals surface area (Å²) in [4.78, 5) is 5.11. The minimum absolute atomic E-state index is 0.112. The van der Waals surface area contributed by atoms with Gasteiger partial charge in [-0.15, -0.1) is 0 Å². The molecule has 0 atom stereocenters. The molecule has 3 aromatic heterocycles. The number of nitrogens with zero attached hydrogens (tertiary/aromatic N) is 4. The van der Waals surface area contributed by atoms with Gasteiger partial charge in [-0.25, -0.2) is 0 Å². The Kier molecular flexibility index (Phi) is 13.4. The maximum absolute atomic E-state index is 9.76. The molecular weight excluding hydrogens is 1280 g/mol. The van der Waals surface area contributed by atoms with Crippen molar-refractivity contribution in [2.24, 2.45) is 0 Å². The van der Waals surface area contributed by atoms with Gasteiger partial charge in [0.25, 0.3) is 6.71 Å². The predicted octanol–water partition coefficient (Wildman–Crippen LogP) is 25.7. The fourth-order valence-corrected chi connectivity index (χ4v) is 17.3. The normalized spacial score (nSPS) is 13.9. The predicted molar refractivity (Wildman–Crippen MR) is 453 cm³/mol. The van der Waals surface area contributed by atoms with Crippen LogP contribution in [0.2, 0.25) is 0 Å². The molecule has 17 aromatic rings. The van der Waals surface area contributed by atoms with Crippen LogP contribution < -0.4 is 26.2 Å². The molecule has 0 aliphatic carbocycles. The van der Waals surface area contributed by atoms with E-state index in [0.29, 0.717) is 5.56 Å². The standard InChI is InChI=1S/C100H85BN4O/c1-97(2,3)68-36-28-35-65(55-68)67-57-88-94-89(58-67)105(96-73(64-33-20-15-21-34-64)48-54-91-93(96)75-38-23-27-42-90(75)106-91)87-61-71(102-82-51-44-69(98(4,5)6)59-76(82)77-60-70(99(7,8)9)45-52-83(77)102)46-50-80(87)101(94)79-49-43-66(62-29-16-13-17-30-62)56-86(79)104(88)95-72(63-31-18-14-19-32-63)47-53-85-92(95)74-37-22-25-40-81(74)103(85)84-41-26-24-39-78(84)100(10,11)12/h13-61H,1-12H3/i13D,16D,17D,29D,30D. The van der Waals surface area contributed by atoms with Crippen LogP contribution in [-0.2, 0) is 21.7 Å². The molecule has 6 heteroatoms. The van der Waals surface area contributed by atoms with Crippen molar-refractivity contribution in [3.05, 3.63) is 319 Å². The van der Waals surface area contributed by atoms with Gasteiger partial charge >= 0.3 is 0 Å². The van der Waals surface area contributed by atoms with Crippen LogP contribution in [0.3, 0.4) is 0 Å². The highest BCUT2D eigenvalue weighted by Gasteiger charge is 2.46. The van der Waals surface area contributed by atoms with Crippen molar-refractivity contribution in [1.29, 1.82) is 0 Å². The molecule has 0 saturated carbocycles. The van der Waals surface area contributed by atoms with Crippen molar-refractivity contribution in [3.63, 3.8) is 0 Å². The SMILES string of the molecule is [2H]c1c([2H])c([2H])c(-c2ccc3c(c2)N(c2c(-c4ccccc4)ccc4c2c2ccccc2n4-c2ccccc2C(C)(C)C)c2cc(-c4cccc(C(C)(C)C)c4)cc4c2B3c2ccc(-n3c5ccc(C(C)(C)C)cc5c5cc(C(C)(C)C)ccc53)cc2N4c2c(-c3ccccc3)ccc3oc4ccccc4c23)c([2H])c1[2H]. The first-order valence-corrected chi connectivity index (χ1v) is 37.3. The van der Waals surface area contributed by atoms with Crippen molar-refractivity contribution < 1.29 is 11.3 Å². The van der Waals surface area contributed by atoms with E-state index in [-0.39, 0.29) is 39.3 Å². The fourth-order valence-electron chi connectivity index (χ4n) is 17.3. The third kappa shape index (κ3) is 10.3. The first-order valence-electron chi connectivity index (χ1n) is 39.8. The zero-order valence-corrected chi connectivity index (χ0v) is 62.2. The lowest BCUT2D eigenvalue weighted by atomic mass is 9.33. The van der Waals surface area contributed by atoms with E-state index < -0.39 is 24.8 Å². The monoisotopic (exact) mass is 1370 g/mol. The van der Waals surface area contributed by atoms with Gasteiger partial charge in [-0.2, -0.15) is 0 Å². The zero-order chi connectivity index (χ0) is 76.8. The minimum atomic E-state index is -0.479. The third-order valence-corrected chi connectivity index (χ3v) is 22.6. The number of hydrogen-bond donors (Lipinski definition) is 0. The molecule has 0 fully saturated rings. The van der Waals surface area contributed by atoms with E-state index in [1.165, 1.54) is 33.0 Å². The maximum atomic E-state index is 9.76. The summed E-state index contributed by atoms with van der Waals surface area (Å²) < 4.78 is 59.0. The van der Waals surface area contributed by atoms with Gasteiger partial charge < -0.3 is 23.4 Å². The largest absolute Gasteiger partial charge is 0.456 e. The van der Waals surface area contributed by atoms with Gasteiger partial charge in [0.1, 0.15) is 11.2 Å². The van der Waals surface area contributed by atoms with Crippen LogP contribution in [0.4, 0.5) is 34.1 Å². The van der Waals surface area contributed by atoms with E-state index >= 15 is 0 Å². The van der Waals surface area contributed by atoms with E-state index in [9.17, 15) is 5.48 Å². The van der Waals surface area contributed by atoms with Crippen molar-refractivity contribution in [1.82, 2.24) is 9.13 Å². The summed E-state index contributed by atoms with van der Waals surface area (Å²) in [7, 11) is 0. The first-order chi connectivity index (χ1) is 53.2. The molecule has 2 aliphatic heterocycles. The number of benzene rings is 14. The minimum Gasteiger partial charge on any atom is -0.456 e. The molecule has 5 nitrogen and oxygen atoms in total. The molecule has 2 aliphatic rings. The second-order valence-electron chi connectivity index (χ2n) is 33.3. The molecule has 0 spiro atoms. The molecule has 0 bridgehead atoms. The first kappa shape index (κ1) is 59.5. The molecule has 0 unspecified atom stereocenters. The molecule has 5 heterocycles. The summed E-state index contributed by atoms with van der Waals surface area (Å²) in [5.74, 6) is 0. The molecule has 14 aromatic carbocycles. The van der Waals surface area contributed by atoms with E-state index in [4.69, 9.17) is 5.79 Å². The Morgan fingerprint density at radius 3 is 1.46 bits per heavy atom. The molecule has 0 N–H and O–H groups in total. The molecule has 0 radical (unpaired) electrons. The Morgan fingerprint density at radius 2 is 0.821 bits per heavy atom. The van der Waals surface area contributed by atoms with Gasteiger partial charge in [-0.3, -0.25) is 0 Å². The van der Waals surface area contributed by atoms with E-state index in [2.05, 4.69) is 363 Å². The van der Waals surface area contributed by atoms with Crippen LogP contribution in [0.25, 0.3) is 121 Å². The van der Waals surface area contributed by atoms with Crippen LogP contribution in [0, 0.1) is 0 Å². The molecular formula is C100H85BN4O. The summed E-state index contributed by atoms with van der Waals surface area (Å²) in [6, 6.07) is 96.5. The molecule has 19 rings (SSSR count). The summed E-state index contributed by atoms with van der Waals surface area (Å²) >= 11 is 0. The van der Waals surface area contributed by atoms with Gasteiger partial charge in [0.05, 0.1) is 45.7 Å². The van der Waals surface area contributed by atoms with Crippen molar-refractivity contribution in [3.8, 4) is 55.9 Å². The molecule has 0 saturated heterocycles. The average molecular weight is 1370 g/mol. The topological polar surface area (TPSA) is 29.5 Å². The lowest BCUT2D eigenvalue weighted by Crippen LogP contribution is -2.61. The van der Waals surface area contributed by atoms with Crippen LogP contribution in [0.1, 0.15) is 112 Å². The van der Waals surface area contributed by atoms with Gasteiger partial charge in [0.15, 0.2) is 0 Å². The quantitative estimate of drug-likeness (QED) is 0.142. The second kappa shape index (κ2) is 23.8. The van der Waals surface area contributed by atoms with E-state index in [1.54, 1.807) is 0 Å². The van der Waals surface area contributed by atoms with Crippen molar-refractivity contribution in [2.45, 2.75) is 105 Å². The van der Waals surface area contributed by atoms with E-state index in [1.807, 2.05) is 6.07 Å². The van der Waals surface area contributed by atoms with Crippen LogP contribution >= 0.6 is 0 Å². The summed E-state index contributed by atoms with van der Waals surface area (Å²) in [6.45, 7) is 27.0. The Bertz CT molecular complexity index is 6680. The summed E-state index contributed by atoms with van der Waals surface area (Å²) in [5.41, 5.74) is 27.5. The number of anilines is 6. The van der Waals surface area contributed by atoms with Gasteiger partial charge in [-0.1, -0.05) is 289 Å². The lowest BCUT2D eigenvalue weighted by molar-refractivity contribution is 0.587. The maximum Gasteiger partial charge on any atom is 0.252 e. The highest BCUT2D eigenvalue weighted by Crippen LogP contribution is 2.56. The fraction of sp³-hybridized carbons (Fsp3) is 0.160.